The van der Waals surface area contributed by atoms with Gasteiger partial charge in [0.05, 0.1) is 0 Å². The number of aryl methyl sites for hydroxylation is 4. The number of hydrogen-bond donors (Lipinski definition) is 0. The van der Waals surface area contributed by atoms with Crippen molar-refractivity contribution in [2.24, 2.45) is 9.98 Å². The highest BCUT2D eigenvalue weighted by Gasteiger charge is 2.26. The lowest BCUT2D eigenvalue weighted by molar-refractivity contribution is 0.317. The van der Waals surface area contributed by atoms with E-state index in [0.29, 0.717) is 36.4 Å². The van der Waals surface area contributed by atoms with Gasteiger partial charge < -0.3 is 9.47 Å². The van der Waals surface area contributed by atoms with Crippen molar-refractivity contribution in [2.75, 3.05) is 13.2 Å². The molecule has 2 aliphatic heterocycles. The van der Waals surface area contributed by atoms with E-state index >= 15 is 0 Å². The smallest absolute Gasteiger partial charge is 0.236 e. The predicted molar refractivity (Wildman–Crippen MR) is 145 cm³/mol. The monoisotopic (exact) mass is 481 g/mol. The quantitative estimate of drug-likeness (QED) is 0.376. The lowest BCUT2D eigenvalue weighted by atomic mass is 9.99. The van der Waals surface area contributed by atoms with Crippen molar-refractivity contribution in [3.63, 3.8) is 0 Å². The van der Waals surface area contributed by atoms with Crippen molar-refractivity contribution in [1.29, 1.82) is 0 Å². The van der Waals surface area contributed by atoms with Gasteiger partial charge in [-0.05, 0) is 71.2 Å². The van der Waals surface area contributed by atoms with Crippen LogP contribution in [0.5, 0.6) is 0 Å². The second-order valence-electron chi connectivity index (χ2n) is 9.51. The van der Waals surface area contributed by atoms with E-state index in [9.17, 15) is 0 Å². The molecule has 0 bridgehead atoms. The summed E-state index contributed by atoms with van der Waals surface area (Å²) in [6.07, 6.45) is 4.06. The van der Waals surface area contributed by atoms with Crippen LogP contribution in [0.15, 0.2) is 64.6 Å². The van der Waals surface area contributed by atoms with E-state index in [0.717, 1.165) is 25.7 Å². The van der Waals surface area contributed by atoms with E-state index < -0.39 is 0 Å². The van der Waals surface area contributed by atoms with Gasteiger partial charge in [0.15, 0.2) is 0 Å². The van der Waals surface area contributed by atoms with Crippen molar-refractivity contribution in [1.82, 2.24) is 4.98 Å². The van der Waals surface area contributed by atoms with Gasteiger partial charge in [0, 0.05) is 0 Å². The third kappa shape index (κ3) is 5.06. The summed E-state index contributed by atoms with van der Waals surface area (Å²) in [6.45, 7) is 9.82. The lowest BCUT2D eigenvalue weighted by Gasteiger charge is -2.10. The average molecular weight is 482 g/mol. The number of nitrogens with zero attached hydrogens (tertiary/aromatic N) is 3. The molecule has 3 heterocycles. The molecule has 0 amide bonds. The van der Waals surface area contributed by atoms with Crippen LogP contribution in [-0.2, 0) is 35.2 Å². The summed E-state index contributed by atoms with van der Waals surface area (Å²) >= 11 is 0. The van der Waals surface area contributed by atoms with Crippen LogP contribution in [0.1, 0.15) is 84.5 Å². The first-order valence-corrected chi connectivity index (χ1v) is 13.2. The molecule has 0 fully saturated rings. The molecule has 5 rings (SSSR count). The number of benzene rings is 2. The molecular formula is C31H35N3O2. The Bertz CT molecular complexity index is 1170. The maximum Gasteiger partial charge on any atom is 0.236 e. The Labute approximate surface area is 214 Å². The molecule has 36 heavy (non-hydrogen) atoms. The first-order chi connectivity index (χ1) is 17.6. The number of aliphatic imine (C=N–C) groups is 2. The Morgan fingerprint density at radius 1 is 0.611 bits per heavy atom. The van der Waals surface area contributed by atoms with Gasteiger partial charge >= 0.3 is 0 Å². The molecule has 2 aliphatic rings. The van der Waals surface area contributed by atoms with Gasteiger partial charge in [0.1, 0.15) is 36.7 Å². The molecule has 0 saturated carbocycles. The highest BCUT2D eigenvalue weighted by molar-refractivity contribution is 5.97. The average Bonchev–Trinajstić information content (AvgIpc) is 3.63. The first-order valence-electron chi connectivity index (χ1n) is 13.2. The van der Waals surface area contributed by atoms with Gasteiger partial charge in [-0.3, -0.25) is 0 Å². The van der Waals surface area contributed by atoms with Crippen LogP contribution in [0.3, 0.4) is 0 Å². The molecule has 1 aromatic heterocycles. The summed E-state index contributed by atoms with van der Waals surface area (Å²) in [7, 11) is 0. The zero-order valence-corrected chi connectivity index (χ0v) is 21.8. The van der Waals surface area contributed by atoms with E-state index in [2.05, 4.69) is 64.1 Å². The summed E-state index contributed by atoms with van der Waals surface area (Å²) < 4.78 is 12.0. The first kappa shape index (κ1) is 24.2. The van der Waals surface area contributed by atoms with E-state index in [1.165, 1.54) is 33.4 Å². The van der Waals surface area contributed by atoms with Crippen LogP contribution in [0.25, 0.3) is 0 Å². The van der Waals surface area contributed by atoms with Gasteiger partial charge in [-0.25, -0.2) is 15.0 Å². The van der Waals surface area contributed by atoms with Crippen LogP contribution in [0.4, 0.5) is 0 Å². The van der Waals surface area contributed by atoms with Crippen LogP contribution >= 0.6 is 0 Å². The molecule has 0 N–H and O–H groups in total. The van der Waals surface area contributed by atoms with Gasteiger partial charge in [-0.2, -0.15) is 0 Å². The van der Waals surface area contributed by atoms with E-state index in [4.69, 9.17) is 24.4 Å². The molecule has 0 aliphatic carbocycles. The lowest BCUT2D eigenvalue weighted by Crippen LogP contribution is -2.10. The summed E-state index contributed by atoms with van der Waals surface area (Å²) in [5.41, 5.74) is 9.23. The second kappa shape index (κ2) is 10.7. The van der Waals surface area contributed by atoms with Crippen molar-refractivity contribution >= 4 is 11.8 Å². The minimum Gasteiger partial charge on any atom is -0.474 e. The molecule has 0 spiro atoms. The maximum absolute atomic E-state index is 6.02. The Hall–Kier alpha value is -3.47. The van der Waals surface area contributed by atoms with Crippen molar-refractivity contribution in [3.8, 4) is 0 Å². The van der Waals surface area contributed by atoms with Crippen LogP contribution in [0, 0.1) is 0 Å². The van der Waals surface area contributed by atoms with Crippen molar-refractivity contribution < 1.29 is 9.47 Å². The Morgan fingerprint density at radius 2 is 1.00 bits per heavy atom. The molecule has 2 aromatic carbocycles. The summed E-state index contributed by atoms with van der Waals surface area (Å²) in [5.74, 6) is 1.17. The molecule has 5 nitrogen and oxygen atoms in total. The highest BCUT2D eigenvalue weighted by Crippen LogP contribution is 2.29. The zero-order valence-electron chi connectivity index (χ0n) is 21.8. The standard InChI is InChI=1S/C31H35N3O2/c1-5-20-12-21(6-2)15-24(14-20)28-18-35-30(33-28)26-10-9-11-27(32-26)31-34-29(19-36-31)25-16-22(7-3)13-23(8-4)17-25/h9-17,28-29H,5-8,18-19H2,1-4H3/t28-,29-/m0/s1. The van der Waals surface area contributed by atoms with Crippen molar-refractivity contribution in [3.05, 3.63) is 99.4 Å². The Balaban J connectivity index is 1.38. The largest absolute Gasteiger partial charge is 0.474 e. The van der Waals surface area contributed by atoms with Gasteiger partial charge in [0.25, 0.3) is 0 Å². The topological polar surface area (TPSA) is 56.1 Å². The second-order valence-corrected chi connectivity index (χ2v) is 9.51. The molecule has 3 aromatic rings. The summed E-state index contributed by atoms with van der Waals surface area (Å²) in [5, 5.41) is 0. The Kier molecular flexibility index (Phi) is 7.17. The maximum atomic E-state index is 6.02. The fourth-order valence-electron chi connectivity index (χ4n) is 4.83. The molecule has 0 radical (unpaired) electrons. The number of hydrogen-bond acceptors (Lipinski definition) is 5. The predicted octanol–water partition coefficient (Wildman–Crippen LogP) is 6.37. The van der Waals surface area contributed by atoms with Gasteiger partial charge in [-0.15, -0.1) is 0 Å². The minimum absolute atomic E-state index is 0.00897. The fraction of sp³-hybridized carbons (Fsp3) is 0.387. The SMILES string of the molecule is CCc1cc(CC)cc([C@@H]2COC(c3cccc(C4=N[C@H](c5cc(CC)cc(CC)c5)CO4)n3)=N2)c1. The van der Waals surface area contributed by atoms with Gasteiger partial charge in [-0.1, -0.05) is 70.2 Å². The highest BCUT2D eigenvalue weighted by atomic mass is 16.5. The molecule has 2 atom stereocenters. The third-order valence-corrected chi connectivity index (χ3v) is 7.04. The molecule has 186 valence electrons. The fourth-order valence-corrected chi connectivity index (χ4v) is 4.83. The normalized spacial score (nSPS) is 19.0. The summed E-state index contributed by atoms with van der Waals surface area (Å²) in [4.78, 5) is 14.6. The number of ether oxygens (including phenoxy) is 2. The number of aromatic nitrogens is 1. The van der Waals surface area contributed by atoms with Crippen LogP contribution in [0.2, 0.25) is 0 Å². The molecule has 5 heteroatoms. The Morgan fingerprint density at radius 3 is 1.36 bits per heavy atom. The van der Waals surface area contributed by atoms with Crippen LogP contribution < -0.4 is 0 Å². The number of rotatable bonds is 8. The van der Waals surface area contributed by atoms with Crippen LogP contribution in [-0.4, -0.2) is 30.0 Å². The molecule has 0 saturated heterocycles. The van der Waals surface area contributed by atoms with E-state index in [1.807, 2.05) is 18.2 Å². The molecule has 0 unspecified atom stereocenters. The van der Waals surface area contributed by atoms with Gasteiger partial charge in [0.2, 0.25) is 11.8 Å². The minimum atomic E-state index is -0.00897. The van der Waals surface area contributed by atoms with Crippen molar-refractivity contribution in [2.45, 2.75) is 65.5 Å². The van der Waals surface area contributed by atoms with E-state index in [1.54, 1.807) is 0 Å². The summed E-state index contributed by atoms with van der Waals surface area (Å²) in [6, 6.07) is 19.4. The number of pyridine rings is 1. The van der Waals surface area contributed by atoms with E-state index in [-0.39, 0.29) is 12.1 Å². The third-order valence-electron chi connectivity index (χ3n) is 7.04. The molecular weight excluding hydrogens is 446 g/mol. The zero-order chi connectivity index (χ0) is 25.1.